The third-order valence-corrected chi connectivity index (χ3v) is 2.39. The highest BCUT2D eigenvalue weighted by Gasteiger charge is 1.98. The van der Waals surface area contributed by atoms with Gasteiger partial charge in [-0.2, -0.15) is 0 Å². The van der Waals surface area contributed by atoms with E-state index >= 15 is 0 Å². The molecule has 1 N–H and O–H groups in total. The number of benzene rings is 1. The first-order chi connectivity index (χ1) is 8.13. The Morgan fingerprint density at radius 3 is 2.88 bits per heavy atom. The lowest BCUT2D eigenvalue weighted by atomic mass is 10.1. The lowest BCUT2D eigenvalue weighted by Gasteiger charge is -2.01. The topological polar surface area (TPSA) is 46.5 Å². The van der Waals surface area contributed by atoms with Crippen molar-refractivity contribution in [2.75, 3.05) is 6.61 Å². The van der Waals surface area contributed by atoms with Crippen LogP contribution in [0.5, 0.6) is 5.75 Å². The third kappa shape index (κ3) is 4.72. The van der Waals surface area contributed by atoms with Crippen LogP contribution >= 0.6 is 0 Å². The summed E-state index contributed by atoms with van der Waals surface area (Å²) in [5.74, 6) is -0.101. The van der Waals surface area contributed by atoms with Gasteiger partial charge < -0.3 is 9.84 Å². The molecule has 0 spiro atoms. The van der Waals surface area contributed by atoms with E-state index in [2.05, 4.69) is 0 Å². The van der Waals surface area contributed by atoms with Gasteiger partial charge in [0, 0.05) is 6.08 Å². The summed E-state index contributed by atoms with van der Waals surface area (Å²) in [7, 11) is 0. The first-order valence-electron chi connectivity index (χ1n) is 5.78. The molecule has 0 aliphatic rings. The number of phenolic OH excluding ortho intramolecular Hbond substituents is 1. The highest BCUT2D eigenvalue weighted by Crippen LogP contribution is 2.16. The van der Waals surface area contributed by atoms with Crippen molar-refractivity contribution < 1.29 is 14.6 Å². The molecule has 17 heavy (non-hydrogen) atoms. The van der Waals surface area contributed by atoms with Gasteiger partial charge in [0.15, 0.2) is 0 Å². The van der Waals surface area contributed by atoms with Gasteiger partial charge in [0.25, 0.3) is 0 Å². The maximum atomic E-state index is 11.3. The van der Waals surface area contributed by atoms with Crippen LogP contribution in [0, 0.1) is 6.92 Å². The van der Waals surface area contributed by atoms with Crippen LogP contribution < -0.4 is 0 Å². The number of hydrogen-bond acceptors (Lipinski definition) is 3. The lowest BCUT2D eigenvalue weighted by Crippen LogP contribution is -2.01. The fourth-order valence-electron chi connectivity index (χ4n) is 1.37. The summed E-state index contributed by atoms with van der Waals surface area (Å²) in [5, 5.41) is 9.24. The Balaban J connectivity index is 2.55. The van der Waals surface area contributed by atoms with Crippen LogP contribution in [0.1, 0.15) is 30.9 Å². The Bertz CT molecular complexity index is 408. The van der Waals surface area contributed by atoms with E-state index in [4.69, 9.17) is 4.74 Å². The molecule has 1 aromatic rings. The molecule has 92 valence electrons. The van der Waals surface area contributed by atoms with Crippen LogP contribution in [0.25, 0.3) is 6.08 Å². The third-order valence-electron chi connectivity index (χ3n) is 2.39. The number of unbranched alkanes of at least 4 members (excludes halogenated alkanes) is 1. The number of hydrogen-bond donors (Lipinski definition) is 1. The minimum Gasteiger partial charge on any atom is -0.508 e. The summed E-state index contributed by atoms with van der Waals surface area (Å²) in [5.41, 5.74) is 1.82. The second kappa shape index (κ2) is 6.74. The molecule has 3 nitrogen and oxygen atoms in total. The maximum absolute atomic E-state index is 11.3. The number of esters is 1. The Kier molecular flexibility index (Phi) is 5.27. The van der Waals surface area contributed by atoms with E-state index in [1.807, 2.05) is 13.8 Å². The van der Waals surface area contributed by atoms with Gasteiger partial charge in [-0.25, -0.2) is 4.79 Å². The van der Waals surface area contributed by atoms with Crippen LogP contribution in [0.2, 0.25) is 0 Å². The van der Waals surface area contributed by atoms with Crippen molar-refractivity contribution in [2.24, 2.45) is 0 Å². The van der Waals surface area contributed by atoms with Gasteiger partial charge in [-0.3, -0.25) is 0 Å². The zero-order chi connectivity index (χ0) is 12.7. The first kappa shape index (κ1) is 13.3. The fourth-order valence-corrected chi connectivity index (χ4v) is 1.37. The summed E-state index contributed by atoms with van der Waals surface area (Å²) in [6.45, 7) is 4.39. The predicted molar refractivity (Wildman–Crippen MR) is 67.7 cm³/mol. The van der Waals surface area contributed by atoms with Crippen molar-refractivity contribution in [3.8, 4) is 5.75 Å². The van der Waals surface area contributed by atoms with Gasteiger partial charge in [-0.15, -0.1) is 0 Å². The molecular formula is C14H18O3. The Morgan fingerprint density at radius 2 is 2.24 bits per heavy atom. The molecule has 0 radical (unpaired) electrons. The van der Waals surface area contributed by atoms with Crippen LogP contribution in [0.3, 0.4) is 0 Å². The number of carbonyl (C=O) groups excluding carboxylic acids is 1. The Hall–Kier alpha value is -1.77. The molecule has 0 heterocycles. The van der Waals surface area contributed by atoms with Gasteiger partial charge in [0.1, 0.15) is 5.75 Å². The van der Waals surface area contributed by atoms with Crippen molar-refractivity contribution in [1.29, 1.82) is 0 Å². The zero-order valence-corrected chi connectivity index (χ0v) is 10.3. The smallest absolute Gasteiger partial charge is 0.330 e. The molecule has 3 heteroatoms. The van der Waals surface area contributed by atoms with E-state index in [9.17, 15) is 9.90 Å². The maximum Gasteiger partial charge on any atom is 0.330 e. The van der Waals surface area contributed by atoms with E-state index in [0.717, 1.165) is 24.0 Å². The van der Waals surface area contributed by atoms with Crippen LogP contribution in [-0.4, -0.2) is 17.7 Å². The summed E-state index contributed by atoms with van der Waals surface area (Å²) in [4.78, 5) is 11.3. The number of phenols is 1. The van der Waals surface area contributed by atoms with Gasteiger partial charge in [0.2, 0.25) is 0 Å². The SMILES string of the molecule is CCCCOC(=O)/C=C/c1ccc(O)cc1C. The molecule has 0 aliphatic heterocycles. The molecule has 0 amide bonds. The molecule has 0 bridgehead atoms. The number of ether oxygens (including phenoxy) is 1. The average molecular weight is 234 g/mol. The molecule has 0 fully saturated rings. The number of carbonyl (C=O) groups is 1. The highest BCUT2D eigenvalue weighted by molar-refractivity contribution is 5.87. The minimum atomic E-state index is -0.328. The number of aryl methyl sites for hydroxylation is 1. The minimum absolute atomic E-state index is 0.227. The molecule has 0 saturated carbocycles. The predicted octanol–water partition coefficient (Wildman–Crippen LogP) is 3.06. The Labute approximate surface area is 102 Å². The molecule has 0 unspecified atom stereocenters. The fraction of sp³-hybridized carbons (Fsp3) is 0.357. The monoisotopic (exact) mass is 234 g/mol. The molecule has 0 aromatic heterocycles. The van der Waals surface area contributed by atoms with Crippen molar-refractivity contribution in [3.63, 3.8) is 0 Å². The van der Waals surface area contributed by atoms with Crippen molar-refractivity contribution in [1.82, 2.24) is 0 Å². The molecular weight excluding hydrogens is 216 g/mol. The molecule has 0 saturated heterocycles. The quantitative estimate of drug-likeness (QED) is 0.484. The number of aromatic hydroxyl groups is 1. The van der Waals surface area contributed by atoms with Crippen molar-refractivity contribution in [2.45, 2.75) is 26.7 Å². The van der Waals surface area contributed by atoms with E-state index in [-0.39, 0.29) is 11.7 Å². The second-order valence-electron chi connectivity index (χ2n) is 3.90. The summed E-state index contributed by atoms with van der Waals surface area (Å²) in [6.07, 6.45) is 5.00. The summed E-state index contributed by atoms with van der Waals surface area (Å²) in [6, 6.07) is 5.01. The highest BCUT2D eigenvalue weighted by atomic mass is 16.5. The largest absolute Gasteiger partial charge is 0.508 e. The molecule has 0 aliphatic carbocycles. The van der Waals surface area contributed by atoms with E-state index < -0.39 is 0 Å². The molecule has 1 aromatic carbocycles. The van der Waals surface area contributed by atoms with Gasteiger partial charge in [-0.1, -0.05) is 19.4 Å². The summed E-state index contributed by atoms with van der Waals surface area (Å²) >= 11 is 0. The van der Waals surface area contributed by atoms with E-state index in [0.29, 0.717) is 6.61 Å². The average Bonchev–Trinajstić information content (AvgIpc) is 2.28. The standard InChI is InChI=1S/C14H18O3/c1-3-4-9-17-14(16)8-6-12-5-7-13(15)10-11(12)2/h5-8,10,15H,3-4,9H2,1-2H3/b8-6+. The van der Waals surface area contributed by atoms with Crippen molar-refractivity contribution >= 4 is 12.0 Å². The van der Waals surface area contributed by atoms with Gasteiger partial charge in [-0.05, 0) is 42.7 Å². The molecule has 0 atom stereocenters. The lowest BCUT2D eigenvalue weighted by molar-refractivity contribution is -0.137. The zero-order valence-electron chi connectivity index (χ0n) is 10.3. The summed E-state index contributed by atoms with van der Waals surface area (Å²) < 4.78 is 4.99. The van der Waals surface area contributed by atoms with Gasteiger partial charge >= 0.3 is 5.97 Å². The van der Waals surface area contributed by atoms with Gasteiger partial charge in [0.05, 0.1) is 6.61 Å². The number of rotatable bonds is 5. The second-order valence-corrected chi connectivity index (χ2v) is 3.90. The normalized spacial score (nSPS) is 10.7. The van der Waals surface area contributed by atoms with Crippen molar-refractivity contribution in [3.05, 3.63) is 35.4 Å². The van der Waals surface area contributed by atoms with E-state index in [1.54, 1.807) is 24.3 Å². The first-order valence-corrected chi connectivity index (χ1v) is 5.78. The Morgan fingerprint density at radius 1 is 1.47 bits per heavy atom. The van der Waals surface area contributed by atoms with Crippen LogP contribution in [0.15, 0.2) is 24.3 Å². The van der Waals surface area contributed by atoms with E-state index in [1.165, 1.54) is 6.08 Å². The van der Waals surface area contributed by atoms with Crippen LogP contribution in [0.4, 0.5) is 0 Å². The molecule has 1 rings (SSSR count). The van der Waals surface area contributed by atoms with Crippen LogP contribution in [-0.2, 0) is 9.53 Å².